The fourth-order valence-corrected chi connectivity index (χ4v) is 4.22. The first kappa shape index (κ1) is 19.1. The van der Waals surface area contributed by atoms with Crippen LogP contribution in [0, 0.1) is 11.3 Å². The number of carbonyl (C=O) groups excluding carboxylic acids is 3. The highest BCUT2D eigenvalue weighted by Gasteiger charge is 2.61. The first-order valence-electron chi connectivity index (χ1n) is 9.36. The van der Waals surface area contributed by atoms with Crippen molar-refractivity contribution in [3.8, 4) is 0 Å². The van der Waals surface area contributed by atoms with E-state index in [1.807, 2.05) is 42.5 Å². The Kier molecular flexibility index (Phi) is 5.59. The molecule has 0 saturated heterocycles. The Hall–Kier alpha value is -2.69. The summed E-state index contributed by atoms with van der Waals surface area (Å²) in [4.78, 5) is 37.7. The van der Waals surface area contributed by atoms with Gasteiger partial charge in [0.25, 0.3) is 0 Å². The molecule has 0 radical (unpaired) electrons. The number of hydrogen-bond donors (Lipinski definition) is 0. The van der Waals surface area contributed by atoms with Crippen LogP contribution in [-0.4, -0.2) is 31.4 Å². The van der Waals surface area contributed by atoms with Crippen LogP contribution < -0.4 is 0 Å². The molecule has 0 N–H and O–H groups in total. The lowest BCUT2D eigenvalue weighted by Crippen LogP contribution is -2.45. The molecule has 1 aliphatic carbocycles. The van der Waals surface area contributed by atoms with Gasteiger partial charge in [-0.2, -0.15) is 0 Å². The molecule has 0 aromatic heterocycles. The second-order valence-corrected chi connectivity index (χ2v) is 6.84. The first-order chi connectivity index (χ1) is 13.1. The molecule has 142 valence electrons. The van der Waals surface area contributed by atoms with E-state index in [1.165, 1.54) is 0 Å². The number of ether oxygens (including phenoxy) is 2. The maximum atomic E-state index is 13.0. The number of rotatable bonds is 6. The van der Waals surface area contributed by atoms with Crippen molar-refractivity contribution in [2.24, 2.45) is 11.3 Å². The SMILES string of the molecule is CCOC(=O)C1(C(=O)OCC)CC[C@H](C=O)[C@H]1c1ccc2ccccc2c1. The second-order valence-electron chi connectivity index (χ2n) is 6.84. The van der Waals surface area contributed by atoms with Crippen LogP contribution in [0.2, 0.25) is 0 Å². The molecule has 0 amide bonds. The summed E-state index contributed by atoms with van der Waals surface area (Å²) >= 11 is 0. The number of esters is 2. The average Bonchev–Trinajstić information content (AvgIpc) is 3.08. The Morgan fingerprint density at radius 2 is 1.67 bits per heavy atom. The van der Waals surface area contributed by atoms with Gasteiger partial charge in [0.05, 0.1) is 13.2 Å². The average molecular weight is 368 g/mol. The van der Waals surface area contributed by atoms with Gasteiger partial charge in [-0.15, -0.1) is 0 Å². The van der Waals surface area contributed by atoms with Crippen LogP contribution in [-0.2, 0) is 23.9 Å². The van der Waals surface area contributed by atoms with E-state index in [9.17, 15) is 14.4 Å². The molecule has 2 atom stereocenters. The predicted octanol–water partition coefficient (Wildman–Crippen LogP) is 3.64. The van der Waals surface area contributed by atoms with Crippen LogP contribution in [0.25, 0.3) is 10.8 Å². The number of hydrogen-bond acceptors (Lipinski definition) is 5. The number of benzene rings is 2. The van der Waals surface area contributed by atoms with E-state index < -0.39 is 29.2 Å². The standard InChI is InChI=1S/C22H24O5/c1-3-26-20(24)22(21(25)27-4-2)12-11-18(14-23)19(22)17-10-9-15-7-5-6-8-16(15)13-17/h5-10,13-14,18-19H,3-4,11-12H2,1-2H3/t18-,19-/m1/s1. The monoisotopic (exact) mass is 368 g/mol. The molecule has 5 nitrogen and oxygen atoms in total. The van der Waals surface area contributed by atoms with Crippen LogP contribution in [0.1, 0.15) is 38.2 Å². The lowest BCUT2D eigenvalue weighted by molar-refractivity contribution is -0.173. The highest BCUT2D eigenvalue weighted by Crippen LogP contribution is 2.54. The zero-order valence-electron chi connectivity index (χ0n) is 15.6. The van der Waals surface area contributed by atoms with Gasteiger partial charge in [-0.25, -0.2) is 0 Å². The fourth-order valence-electron chi connectivity index (χ4n) is 4.22. The molecule has 1 fully saturated rings. The summed E-state index contributed by atoms with van der Waals surface area (Å²) in [5.74, 6) is -2.26. The van der Waals surface area contributed by atoms with Crippen molar-refractivity contribution in [2.75, 3.05) is 13.2 Å². The highest BCUT2D eigenvalue weighted by molar-refractivity contribution is 6.02. The zero-order valence-corrected chi connectivity index (χ0v) is 15.6. The third-order valence-electron chi connectivity index (χ3n) is 5.42. The molecule has 1 saturated carbocycles. The third-order valence-corrected chi connectivity index (χ3v) is 5.42. The Balaban J connectivity index is 2.16. The first-order valence-corrected chi connectivity index (χ1v) is 9.36. The molecule has 0 unspecified atom stereocenters. The summed E-state index contributed by atoms with van der Waals surface area (Å²) in [5, 5.41) is 2.05. The molecule has 2 aromatic rings. The van der Waals surface area contributed by atoms with Crippen molar-refractivity contribution >= 4 is 29.0 Å². The molecule has 1 aliphatic rings. The van der Waals surface area contributed by atoms with Crippen molar-refractivity contribution < 1.29 is 23.9 Å². The minimum atomic E-state index is -1.49. The predicted molar refractivity (Wildman–Crippen MR) is 101 cm³/mol. The maximum Gasteiger partial charge on any atom is 0.324 e. The van der Waals surface area contributed by atoms with Gasteiger partial charge < -0.3 is 14.3 Å². The maximum absolute atomic E-state index is 13.0. The lowest BCUT2D eigenvalue weighted by Gasteiger charge is -2.32. The zero-order chi connectivity index (χ0) is 19.4. The van der Waals surface area contributed by atoms with Crippen molar-refractivity contribution in [2.45, 2.75) is 32.6 Å². The Labute approximate surface area is 158 Å². The number of carbonyl (C=O) groups is 3. The molecule has 2 aromatic carbocycles. The molecular weight excluding hydrogens is 344 g/mol. The largest absolute Gasteiger partial charge is 0.465 e. The van der Waals surface area contributed by atoms with Gasteiger partial charge in [-0.3, -0.25) is 9.59 Å². The van der Waals surface area contributed by atoms with E-state index >= 15 is 0 Å². The summed E-state index contributed by atoms with van der Waals surface area (Å²) in [7, 11) is 0. The van der Waals surface area contributed by atoms with Gasteiger partial charge in [-0.1, -0.05) is 42.5 Å². The third kappa shape index (κ3) is 3.22. The van der Waals surface area contributed by atoms with E-state index in [4.69, 9.17) is 9.47 Å². The highest BCUT2D eigenvalue weighted by atomic mass is 16.6. The molecular formula is C22H24O5. The van der Waals surface area contributed by atoms with Crippen LogP contribution in [0.15, 0.2) is 42.5 Å². The van der Waals surface area contributed by atoms with Gasteiger partial charge in [0.15, 0.2) is 5.41 Å². The summed E-state index contributed by atoms with van der Waals surface area (Å²) in [6.07, 6.45) is 1.53. The lowest BCUT2D eigenvalue weighted by atomic mass is 9.71. The van der Waals surface area contributed by atoms with E-state index in [-0.39, 0.29) is 19.6 Å². The van der Waals surface area contributed by atoms with E-state index in [2.05, 4.69) is 0 Å². The Morgan fingerprint density at radius 3 is 2.26 bits per heavy atom. The molecule has 0 aliphatic heterocycles. The van der Waals surface area contributed by atoms with Gasteiger partial charge in [-0.05, 0) is 43.0 Å². The molecule has 27 heavy (non-hydrogen) atoms. The van der Waals surface area contributed by atoms with Gasteiger partial charge in [0.2, 0.25) is 0 Å². The van der Waals surface area contributed by atoms with Crippen molar-refractivity contribution in [3.05, 3.63) is 48.0 Å². The summed E-state index contributed by atoms with van der Waals surface area (Å²) < 4.78 is 10.5. The van der Waals surface area contributed by atoms with Crippen LogP contribution in [0.4, 0.5) is 0 Å². The van der Waals surface area contributed by atoms with Crippen molar-refractivity contribution in [1.82, 2.24) is 0 Å². The van der Waals surface area contributed by atoms with Crippen molar-refractivity contribution in [1.29, 1.82) is 0 Å². The smallest absolute Gasteiger partial charge is 0.324 e. The van der Waals surface area contributed by atoms with Gasteiger partial charge in [0.1, 0.15) is 6.29 Å². The summed E-state index contributed by atoms with van der Waals surface area (Å²) in [6.45, 7) is 3.73. The van der Waals surface area contributed by atoms with Crippen LogP contribution >= 0.6 is 0 Å². The van der Waals surface area contributed by atoms with Crippen LogP contribution in [0.5, 0.6) is 0 Å². The Bertz CT molecular complexity index is 839. The van der Waals surface area contributed by atoms with Gasteiger partial charge >= 0.3 is 11.9 Å². The quantitative estimate of drug-likeness (QED) is 0.442. The van der Waals surface area contributed by atoms with Crippen molar-refractivity contribution in [3.63, 3.8) is 0 Å². The normalized spacial score (nSPS) is 21.0. The second kappa shape index (κ2) is 7.91. The molecule has 0 heterocycles. The number of fused-ring (bicyclic) bond motifs is 1. The summed E-state index contributed by atoms with van der Waals surface area (Å²) in [5.41, 5.74) is -0.704. The minimum Gasteiger partial charge on any atom is -0.465 e. The van der Waals surface area contributed by atoms with Crippen LogP contribution in [0.3, 0.4) is 0 Å². The van der Waals surface area contributed by atoms with E-state index in [1.54, 1.807) is 13.8 Å². The molecule has 3 rings (SSSR count). The number of aldehydes is 1. The molecule has 0 spiro atoms. The molecule has 5 heteroatoms. The fraction of sp³-hybridized carbons (Fsp3) is 0.409. The van der Waals surface area contributed by atoms with Gasteiger partial charge in [0, 0.05) is 11.8 Å². The molecule has 0 bridgehead atoms. The minimum absolute atomic E-state index is 0.163. The summed E-state index contributed by atoms with van der Waals surface area (Å²) in [6, 6.07) is 13.6. The topological polar surface area (TPSA) is 69.7 Å². The Morgan fingerprint density at radius 1 is 1.04 bits per heavy atom. The van der Waals surface area contributed by atoms with E-state index in [0.29, 0.717) is 6.42 Å². The van der Waals surface area contributed by atoms with E-state index in [0.717, 1.165) is 22.6 Å².